The molecule has 25 heavy (non-hydrogen) atoms. The van der Waals surface area contributed by atoms with E-state index in [4.69, 9.17) is 9.47 Å². The Morgan fingerprint density at radius 3 is 2.92 bits per heavy atom. The fraction of sp³-hybridized carbons (Fsp3) is 0.474. The number of nitrogens with zero attached hydrogens (tertiary/aromatic N) is 3. The van der Waals surface area contributed by atoms with E-state index in [2.05, 4.69) is 20.9 Å². The van der Waals surface area contributed by atoms with Crippen molar-refractivity contribution in [2.24, 2.45) is 0 Å². The van der Waals surface area contributed by atoms with E-state index in [9.17, 15) is 5.11 Å². The molecule has 0 aliphatic carbocycles. The SMILES string of the molecule is CC(C)O[C@H]1CN(c2ncnc3c2Cc2ccccc2OC3)C[C@@H]1O. The van der Waals surface area contributed by atoms with Crippen molar-refractivity contribution in [3.63, 3.8) is 0 Å². The van der Waals surface area contributed by atoms with Crippen molar-refractivity contribution in [3.8, 4) is 5.75 Å². The van der Waals surface area contributed by atoms with E-state index in [1.54, 1.807) is 6.33 Å². The number of β-amino-alcohol motifs (C(OH)–C–C–N with tert-alkyl or cyclic N) is 1. The molecule has 1 N–H and O–H groups in total. The Balaban J connectivity index is 1.65. The smallest absolute Gasteiger partial charge is 0.136 e. The number of para-hydroxylation sites is 1. The molecule has 0 amide bonds. The van der Waals surface area contributed by atoms with Crippen LogP contribution in [0.3, 0.4) is 0 Å². The minimum absolute atomic E-state index is 0.0855. The van der Waals surface area contributed by atoms with Crippen LogP contribution >= 0.6 is 0 Å². The van der Waals surface area contributed by atoms with Gasteiger partial charge < -0.3 is 19.5 Å². The van der Waals surface area contributed by atoms with Crippen molar-refractivity contribution in [1.29, 1.82) is 0 Å². The quantitative estimate of drug-likeness (QED) is 0.920. The number of ether oxygens (including phenoxy) is 2. The van der Waals surface area contributed by atoms with Crippen LogP contribution in [-0.2, 0) is 17.8 Å². The highest BCUT2D eigenvalue weighted by atomic mass is 16.5. The van der Waals surface area contributed by atoms with Gasteiger partial charge in [-0.05, 0) is 25.5 Å². The number of rotatable bonds is 3. The van der Waals surface area contributed by atoms with Gasteiger partial charge in [0.05, 0.1) is 17.9 Å². The van der Waals surface area contributed by atoms with Gasteiger partial charge in [0.15, 0.2) is 0 Å². The van der Waals surface area contributed by atoms with Crippen LogP contribution in [0.15, 0.2) is 30.6 Å². The third-order valence-corrected chi connectivity index (χ3v) is 4.70. The summed E-state index contributed by atoms with van der Waals surface area (Å²) in [5, 5.41) is 10.4. The molecule has 1 aromatic carbocycles. The van der Waals surface area contributed by atoms with Crippen molar-refractivity contribution < 1.29 is 14.6 Å². The van der Waals surface area contributed by atoms with Crippen LogP contribution in [0.2, 0.25) is 0 Å². The van der Waals surface area contributed by atoms with E-state index < -0.39 is 6.10 Å². The van der Waals surface area contributed by atoms with Gasteiger partial charge in [0, 0.05) is 25.1 Å². The molecule has 3 heterocycles. The molecule has 0 radical (unpaired) electrons. The molecule has 0 saturated carbocycles. The van der Waals surface area contributed by atoms with Crippen LogP contribution in [0.25, 0.3) is 0 Å². The second-order valence-electron chi connectivity index (χ2n) is 6.89. The van der Waals surface area contributed by atoms with Crippen molar-refractivity contribution in [1.82, 2.24) is 9.97 Å². The number of benzene rings is 1. The van der Waals surface area contributed by atoms with E-state index in [0.717, 1.165) is 34.8 Å². The standard InChI is InChI=1S/C19H23N3O3/c1-12(2)25-18-9-22(8-16(18)23)19-14-7-13-5-3-4-6-17(13)24-10-15(14)20-11-21-19/h3-6,11-12,16,18,23H,7-10H2,1-2H3/t16-,18-/m0/s1. The Bertz CT molecular complexity index is 765. The number of hydrogen-bond donors (Lipinski definition) is 1. The summed E-state index contributed by atoms with van der Waals surface area (Å²) < 4.78 is 11.7. The molecule has 4 rings (SSSR count). The molecule has 1 saturated heterocycles. The lowest BCUT2D eigenvalue weighted by molar-refractivity contribution is -0.0386. The van der Waals surface area contributed by atoms with Gasteiger partial charge in [0.1, 0.15) is 30.6 Å². The first-order valence-electron chi connectivity index (χ1n) is 8.73. The zero-order valence-corrected chi connectivity index (χ0v) is 14.6. The number of aromatic nitrogens is 2. The number of aliphatic hydroxyl groups is 1. The third-order valence-electron chi connectivity index (χ3n) is 4.70. The molecule has 0 unspecified atom stereocenters. The first-order chi connectivity index (χ1) is 12.1. The summed E-state index contributed by atoms with van der Waals surface area (Å²) in [5.41, 5.74) is 3.11. The Kier molecular flexibility index (Phi) is 4.31. The van der Waals surface area contributed by atoms with Gasteiger partial charge in [-0.1, -0.05) is 18.2 Å². The molecule has 1 fully saturated rings. The summed E-state index contributed by atoms with van der Waals surface area (Å²) >= 11 is 0. The average Bonchev–Trinajstić information content (AvgIpc) is 2.84. The lowest BCUT2D eigenvalue weighted by Gasteiger charge is -2.21. The van der Waals surface area contributed by atoms with Crippen LogP contribution < -0.4 is 9.64 Å². The molecule has 132 valence electrons. The monoisotopic (exact) mass is 341 g/mol. The van der Waals surface area contributed by atoms with Crippen LogP contribution in [0.4, 0.5) is 5.82 Å². The van der Waals surface area contributed by atoms with Crippen LogP contribution in [0.1, 0.15) is 30.7 Å². The van der Waals surface area contributed by atoms with Gasteiger partial charge in [0.25, 0.3) is 0 Å². The van der Waals surface area contributed by atoms with E-state index >= 15 is 0 Å². The molecular weight excluding hydrogens is 318 g/mol. The van der Waals surface area contributed by atoms with E-state index in [1.165, 1.54) is 0 Å². The van der Waals surface area contributed by atoms with E-state index in [0.29, 0.717) is 19.7 Å². The van der Waals surface area contributed by atoms with E-state index in [1.807, 2.05) is 32.0 Å². The lowest BCUT2D eigenvalue weighted by Crippen LogP contribution is -2.29. The molecule has 6 nitrogen and oxygen atoms in total. The molecule has 1 aromatic heterocycles. The van der Waals surface area contributed by atoms with Gasteiger partial charge >= 0.3 is 0 Å². The minimum Gasteiger partial charge on any atom is -0.487 e. The number of anilines is 1. The fourth-order valence-corrected chi connectivity index (χ4v) is 3.56. The van der Waals surface area contributed by atoms with Crippen LogP contribution in [0, 0.1) is 0 Å². The molecule has 0 spiro atoms. The van der Waals surface area contributed by atoms with Crippen molar-refractivity contribution in [2.75, 3.05) is 18.0 Å². The largest absolute Gasteiger partial charge is 0.487 e. The summed E-state index contributed by atoms with van der Waals surface area (Å²) in [6.45, 7) is 5.56. The maximum atomic E-state index is 10.4. The molecule has 6 heteroatoms. The molecule has 2 aromatic rings. The normalized spacial score (nSPS) is 22.3. The second-order valence-corrected chi connectivity index (χ2v) is 6.89. The Labute approximate surface area is 147 Å². The maximum Gasteiger partial charge on any atom is 0.136 e. The maximum absolute atomic E-state index is 10.4. The first kappa shape index (κ1) is 16.3. The van der Waals surface area contributed by atoms with Crippen LogP contribution in [0.5, 0.6) is 5.75 Å². The minimum atomic E-state index is -0.512. The van der Waals surface area contributed by atoms with Crippen molar-refractivity contribution >= 4 is 5.82 Å². The summed E-state index contributed by atoms with van der Waals surface area (Å²) in [6.07, 6.45) is 1.69. The van der Waals surface area contributed by atoms with E-state index in [-0.39, 0.29) is 12.2 Å². The first-order valence-corrected chi connectivity index (χ1v) is 8.73. The molecular formula is C19H23N3O3. The highest BCUT2D eigenvalue weighted by Crippen LogP contribution is 2.33. The lowest BCUT2D eigenvalue weighted by atomic mass is 10.0. The zero-order chi connectivity index (χ0) is 17.4. The Morgan fingerprint density at radius 1 is 1.24 bits per heavy atom. The Hall–Kier alpha value is -2.18. The topological polar surface area (TPSA) is 67.7 Å². The third kappa shape index (κ3) is 3.19. The number of aliphatic hydroxyl groups excluding tert-OH is 1. The van der Waals surface area contributed by atoms with Crippen molar-refractivity contribution in [3.05, 3.63) is 47.4 Å². The molecule has 2 aliphatic heterocycles. The summed E-state index contributed by atoms with van der Waals surface area (Å²) in [6, 6.07) is 8.06. The van der Waals surface area contributed by atoms with Crippen molar-refractivity contribution in [2.45, 2.75) is 45.2 Å². The number of fused-ring (bicyclic) bond motifs is 2. The fourth-order valence-electron chi connectivity index (χ4n) is 3.56. The van der Waals surface area contributed by atoms with Gasteiger partial charge in [-0.3, -0.25) is 0 Å². The van der Waals surface area contributed by atoms with Gasteiger partial charge in [-0.15, -0.1) is 0 Å². The molecule has 0 bridgehead atoms. The summed E-state index contributed by atoms with van der Waals surface area (Å²) in [7, 11) is 0. The average molecular weight is 341 g/mol. The molecule has 2 aliphatic rings. The predicted molar refractivity (Wildman–Crippen MR) is 93.8 cm³/mol. The summed E-state index contributed by atoms with van der Waals surface area (Å²) in [4.78, 5) is 11.1. The zero-order valence-electron chi connectivity index (χ0n) is 14.6. The predicted octanol–water partition coefficient (Wildman–Crippen LogP) is 1.93. The van der Waals surface area contributed by atoms with Crippen LogP contribution in [-0.4, -0.2) is 46.5 Å². The van der Waals surface area contributed by atoms with Gasteiger partial charge in [0.2, 0.25) is 0 Å². The molecule has 2 atom stereocenters. The Morgan fingerprint density at radius 2 is 2.08 bits per heavy atom. The summed E-state index contributed by atoms with van der Waals surface area (Å²) in [5.74, 6) is 1.77. The highest BCUT2D eigenvalue weighted by molar-refractivity contribution is 5.54. The second kappa shape index (κ2) is 6.61. The highest BCUT2D eigenvalue weighted by Gasteiger charge is 2.35. The van der Waals surface area contributed by atoms with Gasteiger partial charge in [-0.2, -0.15) is 0 Å². The number of hydrogen-bond acceptors (Lipinski definition) is 6. The van der Waals surface area contributed by atoms with Gasteiger partial charge in [-0.25, -0.2) is 9.97 Å².